The molecule has 82 valence electrons. The molecular formula is C12H16BrNO. The minimum atomic E-state index is 0.300. The van der Waals surface area contributed by atoms with Gasteiger partial charge in [-0.15, -0.1) is 0 Å². The molecule has 2 N–H and O–H groups in total. The van der Waals surface area contributed by atoms with Crippen LogP contribution in [0.1, 0.15) is 19.3 Å². The third kappa shape index (κ3) is 2.52. The van der Waals surface area contributed by atoms with E-state index < -0.39 is 0 Å². The first-order valence-corrected chi connectivity index (χ1v) is 6.22. The second kappa shape index (κ2) is 4.99. The van der Waals surface area contributed by atoms with E-state index in [0.717, 1.165) is 23.2 Å². The van der Waals surface area contributed by atoms with Gasteiger partial charge in [0.1, 0.15) is 11.9 Å². The normalized spacial score (nSPS) is 25.5. The molecule has 1 aliphatic rings. The third-order valence-corrected chi connectivity index (χ3v) is 3.66. The molecule has 0 spiro atoms. The molecule has 3 heteroatoms. The number of hydrogen-bond donors (Lipinski definition) is 1. The van der Waals surface area contributed by atoms with Crippen molar-refractivity contribution >= 4 is 15.9 Å². The molecule has 2 nitrogen and oxygen atoms in total. The number of halogens is 1. The standard InChI is InChI=1S/C12H16BrNO/c13-10-5-1-2-6-12(10)15-11-7-3-4-9(11)8-14/h1-2,5-6,9,11H,3-4,7-8,14H2. The SMILES string of the molecule is NCC1CCCC1Oc1ccccc1Br. The van der Waals surface area contributed by atoms with Gasteiger partial charge in [0.15, 0.2) is 0 Å². The van der Waals surface area contributed by atoms with Gasteiger partial charge in [0.2, 0.25) is 0 Å². The van der Waals surface area contributed by atoms with Gasteiger partial charge in [-0.1, -0.05) is 12.1 Å². The number of ether oxygens (including phenoxy) is 1. The smallest absolute Gasteiger partial charge is 0.133 e. The highest BCUT2D eigenvalue weighted by atomic mass is 79.9. The van der Waals surface area contributed by atoms with E-state index in [1.165, 1.54) is 12.8 Å². The molecule has 0 heterocycles. The number of para-hydroxylation sites is 1. The predicted octanol–water partition coefficient (Wildman–Crippen LogP) is 2.96. The molecule has 1 aromatic carbocycles. The molecule has 1 fully saturated rings. The van der Waals surface area contributed by atoms with Gasteiger partial charge >= 0.3 is 0 Å². The Hall–Kier alpha value is -0.540. The average molecular weight is 270 g/mol. The number of rotatable bonds is 3. The maximum absolute atomic E-state index is 5.98. The zero-order valence-electron chi connectivity index (χ0n) is 8.66. The van der Waals surface area contributed by atoms with Crippen LogP contribution < -0.4 is 10.5 Å². The molecule has 0 saturated heterocycles. The highest BCUT2D eigenvalue weighted by molar-refractivity contribution is 9.10. The topological polar surface area (TPSA) is 35.2 Å². The van der Waals surface area contributed by atoms with Crippen molar-refractivity contribution in [3.05, 3.63) is 28.7 Å². The second-order valence-electron chi connectivity index (χ2n) is 4.01. The van der Waals surface area contributed by atoms with E-state index >= 15 is 0 Å². The van der Waals surface area contributed by atoms with Gasteiger partial charge in [-0.3, -0.25) is 0 Å². The Balaban J connectivity index is 2.05. The quantitative estimate of drug-likeness (QED) is 0.916. The highest BCUT2D eigenvalue weighted by Crippen LogP contribution is 2.32. The summed E-state index contributed by atoms with van der Waals surface area (Å²) >= 11 is 3.49. The number of benzene rings is 1. The van der Waals surface area contributed by atoms with Crippen molar-refractivity contribution in [1.82, 2.24) is 0 Å². The molecule has 1 aromatic rings. The zero-order valence-corrected chi connectivity index (χ0v) is 10.2. The molecule has 0 aliphatic heterocycles. The van der Waals surface area contributed by atoms with Gasteiger partial charge in [-0.05, 0) is 53.9 Å². The summed E-state index contributed by atoms with van der Waals surface area (Å²) in [6.45, 7) is 0.731. The molecule has 15 heavy (non-hydrogen) atoms. The van der Waals surface area contributed by atoms with Gasteiger partial charge in [-0.25, -0.2) is 0 Å². The van der Waals surface area contributed by atoms with Crippen LogP contribution in [0.15, 0.2) is 28.7 Å². The molecule has 2 unspecified atom stereocenters. The van der Waals surface area contributed by atoms with E-state index in [-0.39, 0.29) is 0 Å². The lowest BCUT2D eigenvalue weighted by Crippen LogP contribution is -2.27. The molecule has 1 saturated carbocycles. The van der Waals surface area contributed by atoms with Crippen molar-refractivity contribution in [3.63, 3.8) is 0 Å². The Bertz CT molecular complexity index is 329. The summed E-state index contributed by atoms with van der Waals surface area (Å²) in [6, 6.07) is 7.98. The van der Waals surface area contributed by atoms with Crippen LogP contribution >= 0.6 is 15.9 Å². The second-order valence-corrected chi connectivity index (χ2v) is 4.87. The summed E-state index contributed by atoms with van der Waals surface area (Å²) in [4.78, 5) is 0. The van der Waals surface area contributed by atoms with Gasteiger partial charge in [0, 0.05) is 5.92 Å². The molecule has 1 aliphatic carbocycles. The molecule has 0 amide bonds. The molecule has 0 aromatic heterocycles. The van der Waals surface area contributed by atoms with Crippen molar-refractivity contribution in [2.75, 3.05) is 6.54 Å². The monoisotopic (exact) mass is 269 g/mol. The lowest BCUT2D eigenvalue weighted by atomic mass is 10.1. The maximum atomic E-state index is 5.98. The van der Waals surface area contributed by atoms with Crippen LogP contribution in [0.25, 0.3) is 0 Å². The Morgan fingerprint density at radius 3 is 2.87 bits per heavy atom. The van der Waals surface area contributed by atoms with Crippen molar-refractivity contribution in [2.24, 2.45) is 11.7 Å². The molecule has 0 radical (unpaired) electrons. The first-order chi connectivity index (χ1) is 7.31. The Labute approximate surface area is 98.9 Å². The van der Waals surface area contributed by atoms with Crippen LogP contribution in [0, 0.1) is 5.92 Å². The average Bonchev–Trinajstić information content (AvgIpc) is 2.69. The van der Waals surface area contributed by atoms with E-state index in [1.807, 2.05) is 24.3 Å². The van der Waals surface area contributed by atoms with E-state index in [1.54, 1.807) is 0 Å². The molecule has 2 rings (SSSR count). The van der Waals surface area contributed by atoms with Gasteiger partial charge < -0.3 is 10.5 Å². The van der Waals surface area contributed by atoms with E-state index in [9.17, 15) is 0 Å². The molecule has 2 atom stereocenters. The van der Waals surface area contributed by atoms with Crippen molar-refractivity contribution in [2.45, 2.75) is 25.4 Å². The fourth-order valence-corrected chi connectivity index (χ4v) is 2.51. The minimum Gasteiger partial charge on any atom is -0.489 e. The lowest BCUT2D eigenvalue weighted by Gasteiger charge is -2.20. The first kappa shape index (κ1) is 11.0. The first-order valence-electron chi connectivity index (χ1n) is 5.42. The van der Waals surface area contributed by atoms with Crippen LogP contribution in [0.3, 0.4) is 0 Å². The Morgan fingerprint density at radius 2 is 2.13 bits per heavy atom. The number of nitrogens with two attached hydrogens (primary N) is 1. The fourth-order valence-electron chi connectivity index (χ4n) is 2.13. The Morgan fingerprint density at radius 1 is 1.33 bits per heavy atom. The summed E-state index contributed by atoms with van der Waals surface area (Å²) in [5.74, 6) is 1.46. The van der Waals surface area contributed by atoms with E-state index in [4.69, 9.17) is 10.5 Å². The summed E-state index contributed by atoms with van der Waals surface area (Å²) < 4.78 is 7.00. The van der Waals surface area contributed by atoms with Gasteiger partial charge in [0.25, 0.3) is 0 Å². The molecule has 0 bridgehead atoms. The van der Waals surface area contributed by atoms with Crippen molar-refractivity contribution in [3.8, 4) is 5.75 Å². The van der Waals surface area contributed by atoms with Gasteiger partial charge in [-0.2, -0.15) is 0 Å². The largest absolute Gasteiger partial charge is 0.489 e. The van der Waals surface area contributed by atoms with Crippen LogP contribution in [-0.4, -0.2) is 12.6 Å². The van der Waals surface area contributed by atoms with Crippen LogP contribution in [0.2, 0.25) is 0 Å². The van der Waals surface area contributed by atoms with Crippen molar-refractivity contribution in [1.29, 1.82) is 0 Å². The minimum absolute atomic E-state index is 0.300. The van der Waals surface area contributed by atoms with Crippen LogP contribution in [0.5, 0.6) is 5.75 Å². The summed E-state index contributed by atoms with van der Waals surface area (Å²) in [5, 5.41) is 0. The van der Waals surface area contributed by atoms with Crippen LogP contribution in [-0.2, 0) is 0 Å². The fraction of sp³-hybridized carbons (Fsp3) is 0.500. The maximum Gasteiger partial charge on any atom is 0.133 e. The van der Waals surface area contributed by atoms with Crippen LogP contribution in [0.4, 0.5) is 0 Å². The number of hydrogen-bond acceptors (Lipinski definition) is 2. The van der Waals surface area contributed by atoms with E-state index in [2.05, 4.69) is 15.9 Å². The highest BCUT2D eigenvalue weighted by Gasteiger charge is 2.27. The molecular weight excluding hydrogens is 254 g/mol. The van der Waals surface area contributed by atoms with E-state index in [0.29, 0.717) is 12.0 Å². The predicted molar refractivity (Wildman–Crippen MR) is 65.0 cm³/mol. The van der Waals surface area contributed by atoms with Crippen molar-refractivity contribution < 1.29 is 4.74 Å². The summed E-state index contributed by atoms with van der Waals surface area (Å²) in [7, 11) is 0. The summed E-state index contributed by atoms with van der Waals surface area (Å²) in [6.07, 6.45) is 3.86. The lowest BCUT2D eigenvalue weighted by molar-refractivity contribution is 0.161. The van der Waals surface area contributed by atoms with Gasteiger partial charge in [0.05, 0.1) is 4.47 Å². The summed E-state index contributed by atoms with van der Waals surface area (Å²) in [5.41, 5.74) is 5.72. The Kier molecular flexibility index (Phi) is 3.65. The zero-order chi connectivity index (χ0) is 10.7. The third-order valence-electron chi connectivity index (χ3n) is 3.01.